The van der Waals surface area contributed by atoms with Gasteiger partial charge in [0.2, 0.25) is 0 Å². The van der Waals surface area contributed by atoms with Crippen molar-refractivity contribution in [2.24, 2.45) is 0 Å². The van der Waals surface area contributed by atoms with E-state index >= 15 is 0 Å². The summed E-state index contributed by atoms with van der Waals surface area (Å²) in [7, 11) is 0. The van der Waals surface area contributed by atoms with E-state index in [0.29, 0.717) is 19.1 Å². The molecule has 0 amide bonds. The quantitative estimate of drug-likeness (QED) is 0.782. The van der Waals surface area contributed by atoms with Crippen LogP contribution in [-0.4, -0.2) is 25.7 Å². The fourth-order valence-electron chi connectivity index (χ4n) is 2.42. The number of nitrogens with zero attached hydrogens (tertiary/aromatic N) is 1. The molecule has 0 radical (unpaired) electrons. The molecule has 0 spiro atoms. The molecule has 1 aliphatic rings. The zero-order valence-electron chi connectivity index (χ0n) is 11.9. The van der Waals surface area contributed by atoms with Gasteiger partial charge in [-0.15, -0.1) is 0 Å². The first-order valence-corrected chi connectivity index (χ1v) is 7.45. The van der Waals surface area contributed by atoms with Crippen molar-refractivity contribution < 1.29 is 4.74 Å². The minimum absolute atomic E-state index is 0.541. The van der Waals surface area contributed by atoms with Gasteiger partial charge in [-0.1, -0.05) is 6.07 Å². The average molecular weight is 273 g/mol. The summed E-state index contributed by atoms with van der Waals surface area (Å²) >= 11 is 0. The molecule has 1 aromatic carbocycles. The Morgan fingerprint density at radius 2 is 2.30 bits per heavy atom. The minimum Gasteiger partial charge on any atom is -0.493 e. The Morgan fingerprint density at radius 3 is 3.20 bits per heavy atom. The number of unbranched alkanes of at least 4 members (excludes halogenated alkanes) is 1. The summed E-state index contributed by atoms with van der Waals surface area (Å²) in [5, 5.41) is 15.5. The summed E-state index contributed by atoms with van der Waals surface area (Å²) in [5.74, 6) is 0.875. The van der Waals surface area contributed by atoms with E-state index in [-0.39, 0.29) is 0 Å². The van der Waals surface area contributed by atoms with Gasteiger partial charge >= 0.3 is 0 Å². The Labute approximate surface area is 121 Å². The summed E-state index contributed by atoms with van der Waals surface area (Å²) in [6.45, 7) is 2.81. The number of nitrogens with one attached hydrogen (secondary N) is 2. The van der Waals surface area contributed by atoms with Crippen molar-refractivity contribution in [3.05, 3.63) is 24.3 Å². The van der Waals surface area contributed by atoms with Crippen LogP contribution in [-0.2, 0) is 0 Å². The third-order valence-electron chi connectivity index (χ3n) is 3.48. The average Bonchev–Trinajstić information content (AvgIpc) is 2.73. The Morgan fingerprint density at radius 1 is 1.35 bits per heavy atom. The van der Waals surface area contributed by atoms with E-state index in [2.05, 4.69) is 22.8 Å². The van der Waals surface area contributed by atoms with Gasteiger partial charge in [-0.25, -0.2) is 0 Å². The first-order valence-electron chi connectivity index (χ1n) is 7.45. The molecule has 1 fully saturated rings. The second-order valence-corrected chi connectivity index (χ2v) is 5.16. The monoisotopic (exact) mass is 273 g/mol. The lowest BCUT2D eigenvalue weighted by Gasteiger charge is -2.18. The topological polar surface area (TPSA) is 57.1 Å². The standard InChI is InChI=1S/C16H23N3O/c17-9-1-2-12-20-16-7-3-5-15(13-16)19-14-6-4-10-18-11-8-14/h3,5,7,13-14,18-19H,1-2,4,6,8,10-12H2. The predicted molar refractivity (Wildman–Crippen MR) is 80.9 cm³/mol. The fraction of sp³-hybridized carbons (Fsp3) is 0.562. The van der Waals surface area contributed by atoms with Crippen molar-refractivity contribution >= 4 is 5.69 Å². The summed E-state index contributed by atoms with van der Waals surface area (Å²) in [6.07, 6.45) is 4.92. The third kappa shape index (κ3) is 5.10. The van der Waals surface area contributed by atoms with Crippen molar-refractivity contribution in [2.45, 2.75) is 38.1 Å². The van der Waals surface area contributed by atoms with Crippen LogP contribution in [0.15, 0.2) is 24.3 Å². The van der Waals surface area contributed by atoms with Gasteiger partial charge in [0.05, 0.1) is 12.7 Å². The van der Waals surface area contributed by atoms with E-state index in [4.69, 9.17) is 10.00 Å². The van der Waals surface area contributed by atoms with E-state index in [1.54, 1.807) is 0 Å². The molecule has 1 saturated heterocycles. The number of hydrogen-bond donors (Lipinski definition) is 2. The zero-order chi connectivity index (χ0) is 14.0. The van der Waals surface area contributed by atoms with Gasteiger partial charge < -0.3 is 15.4 Å². The van der Waals surface area contributed by atoms with Crippen LogP contribution in [0.2, 0.25) is 0 Å². The number of benzene rings is 1. The van der Waals surface area contributed by atoms with Crippen LogP contribution in [0.4, 0.5) is 5.69 Å². The van der Waals surface area contributed by atoms with Crippen molar-refractivity contribution in [3.8, 4) is 11.8 Å². The molecule has 1 aromatic rings. The van der Waals surface area contributed by atoms with E-state index < -0.39 is 0 Å². The molecular formula is C16H23N3O. The highest BCUT2D eigenvalue weighted by Crippen LogP contribution is 2.20. The number of anilines is 1. The highest BCUT2D eigenvalue weighted by Gasteiger charge is 2.11. The smallest absolute Gasteiger partial charge is 0.121 e. The molecule has 1 heterocycles. The van der Waals surface area contributed by atoms with Crippen LogP contribution < -0.4 is 15.4 Å². The van der Waals surface area contributed by atoms with Gasteiger partial charge in [-0.2, -0.15) is 5.26 Å². The SMILES string of the molecule is N#CCCCOc1cccc(NC2CCCNCC2)c1. The predicted octanol–water partition coefficient (Wildman–Crippen LogP) is 2.92. The fourth-order valence-corrected chi connectivity index (χ4v) is 2.42. The lowest BCUT2D eigenvalue weighted by atomic mass is 10.1. The van der Waals surface area contributed by atoms with Gasteiger partial charge in [0.1, 0.15) is 5.75 Å². The van der Waals surface area contributed by atoms with E-state index in [1.807, 2.05) is 18.2 Å². The molecule has 108 valence electrons. The van der Waals surface area contributed by atoms with Crippen molar-refractivity contribution in [1.29, 1.82) is 5.26 Å². The summed E-state index contributed by atoms with van der Waals surface area (Å²) in [5.41, 5.74) is 1.12. The molecule has 1 aliphatic heterocycles. The second kappa shape index (κ2) is 8.44. The molecular weight excluding hydrogens is 250 g/mol. The first-order chi connectivity index (χ1) is 9.88. The van der Waals surface area contributed by atoms with Crippen molar-refractivity contribution in [1.82, 2.24) is 5.32 Å². The van der Waals surface area contributed by atoms with Crippen molar-refractivity contribution in [2.75, 3.05) is 25.0 Å². The summed E-state index contributed by atoms with van der Waals surface area (Å²) in [4.78, 5) is 0. The summed E-state index contributed by atoms with van der Waals surface area (Å²) < 4.78 is 5.66. The van der Waals surface area contributed by atoms with E-state index in [9.17, 15) is 0 Å². The van der Waals surface area contributed by atoms with Gasteiger partial charge in [0.15, 0.2) is 0 Å². The highest BCUT2D eigenvalue weighted by molar-refractivity contribution is 5.48. The molecule has 20 heavy (non-hydrogen) atoms. The normalized spacial score (nSPS) is 18.9. The molecule has 0 bridgehead atoms. The number of hydrogen-bond acceptors (Lipinski definition) is 4. The maximum atomic E-state index is 8.49. The van der Waals surface area contributed by atoms with Gasteiger partial charge in [0.25, 0.3) is 0 Å². The largest absolute Gasteiger partial charge is 0.493 e. The minimum atomic E-state index is 0.541. The molecule has 0 aliphatic carbocycles. The highest BCUT2D eigenvalue weighted by atomic mass is 16.5. The molecule has 0 saturated carbocycles. The Hall–Kier alpha value is -1.73. The molecule has 1 atom stereocenters. The lowest BCUT2D eigenvalue weighted by molar-refractivity contribution is 0.313. The van der Waals surface area contributed by atoms with Crippen LogP contribution in [0.3, 0.4) is 0 Å². The van der Waals surface area contributed by atoms with E-state index in [1.165, 1.54) is 12.8 Å². The lowest BCUT2D eigenvalue weighted by Crippen LogP contribution is -2.21. The van der Waals surface area contributed by atoms with Crippen LogP contribution >= 0.6 is 0 Å². The van der Waals surface area contributed by atoms with Crippen LogP contribution in [0.1, 0.15) is 32.1 Å². The van der Waals surface area contributed by atoms with Crippen molar-refractivity contribution in [3.63, 3.8) is 0 Å². The Balaban J connectivity index is 1.83. The number of ether oxygens (including phenoxy) is 1. The maximum Gasteiger partial charge on any atom is 0.121 e. The zero-order valence-corrected chi connectivity index (χ0v) is 11.9. The second-order valence-electron chi connectivity index (χ2n) is 5.16. The third-order valence-corrected chi connectivity index (χ3v) is 3.48. The summed E-state index contributed by atoms with van der Waals surface area (Å²) in [6, 6.07) is 10.8. The first kappa shape index (κ1) is 14.7. The van der Waals surface area contributed by atoms with Crippen LogP contribution in [0.25, 0.3) is 0 Å². The molecule has 4 heteroatoms. The Kier molecular flexibility index (Phi) is 6.19. The van der Waals surface area contributed by atoms with Gasteiger partial charge in [-0.05, 0) is 50.9 Å². The Bertz CT molecular complexity index is 434. The molecule has 1 unspecified atom stereocenters. The molecule has 0 aromatic heterocycles. The van der Waals surface area contributed by atoms with Crippen LogP contribution in [0.5, 0.6) is 5.75 Å². The molecule has 4 nitrogen and oxygen atoms in total. The molecule has 2 rings (SSSR count). The van der Waals surface area contributed by atoms with Crippen LogP contribution in [0, 0.1) is 11.3 Å². The van der Waals surface area contributed by atoms with Gasteiger partial charge in [-0.3, -0.25) is 0 Å². The number of rotatable bonds is 6. The number of nitriles is 1. The molecule has 2 N–H and O–H groups in total. The van der Waals surface area contributed by atoms with E-state index in [0.717, 1.165) is 37.4 Å². The maximum absolute atomic E-state index is 8.49. The van der Waals surface area contributed by atoms with Gasteiger partial charge in [0, 0.05) is 24.2 Å².